The minimum Gasteiger partial charge on any atom is -0.382 e. The van der Waals surface area contributed by atoms with Crippen LogP contribution in [0.5, 0.6) is 0 Å². The van der Waals surface area contributed by atoms with Crippen LogP contribution in [-0.2, 0) is 17.7 Å². The van der Waals surface area contributed by atoms with Crippen molar-refractivity contribution < 1.29 is 4.74 Å². The highest BCUT2D eigenvalue weighted by Crippen LogP contribution is 2.19. The lowest BCUT2D eigenvalue weighted by molar-refractivity contribution is 0.00433. The van der Waals surface area contributed by atoms with Crippen LogP contribution in [-0.4, -0.2) is 37.7 Å². The molecule has 108 valence electrons. The number of anilines is 1. The molecule has 3 heterocycles. The lowest BCUT2D eigenvalue weighted by Gasteiger charge is -2.22. The number of fused-ring (bicyclic) bond motifs is 1. The van der Waals surface area contributed by atoms with Gasteiger partial charge in [0.25, 0.3) is 0 Å². The fourth-order valence-electron chi connectivity index (χ4n) is 2.53. The first kappa shape index (κ1) is 13.2. The van der Waals surface area contributed by atoms with Crippen molar-refractivity contribution in [3.8, 4) is 0 Å². The molecule has 0 bridgehead atoms. The van der Waals surface area contributed by atoms with Crippen LogP contribution >= 0.6 is 0 Å². The minimum atomic E-state index is 0.194. The molecule has 1 aliphatic rings. The Kier molecular flexibility index (Phi) is 3.77. The van der Waals surface area contributed by atoms with Crippen molar-refractivity contribution in [2.45, 2.75) is 51.7 Å². The van der Waals surface area contributed by atoms with Crippen LogP contribution in [0.4, 0.5) is 5.82 Å². The van der Waals surface area contributed by atoms with Crippen molar-refractivity contribution in [1.29, 1.82) is 0 Å². The lowest BCUT2D eigenvalue weighted by atomic mass is 10.1. The van der Waals surface area contributed by atoms with E-state index in [-0.39, 0.29) is 6.10 Å². The third-order valence-corrected chi connectivity index (χ3v) is 3.56. The summed E-state index contributed by atoms with van der Waals surface area (Å²) in [5.74, 6) is 1.17. The second-order valence-corrected chi connectivity index (χ2v) is 5.21. The largest absolute Gasteiger partial charge is 0.382 e. The van der Waals surface area contributed by atoms with Crippen molar-refractivity contribution >= 4 is 17.0 Å². The highest BCUT2D eigenvalue weighted by atomic mass is 16.5. The topological polar surface area (TPSA) is 91.7 Å². The van der Waals surface area contributed by atoms with Gasteiger partial charge in [0, 0.05) is 13.0 Å². The predicted octanol–water partition coefficient (Wildman–Crippen LogP) is 1.33. The maximum absolute atomic E-state index is 5.94. The first-order valence-electron chi connectivity index (χ1n) is 7.25. The molecule has 0 aliphatic carbocycles. The van der Waals surface area contributed by atoms with Gasteiger partial charge in [-0.2, -0.15) is 0 Å². The Bertz CT molecular complexity index is 590. The molecule has 0 saturated carbocycles. The molecular weight excluding hydrogens is 256 g/mol. The van der Waals surface area contributed by atoms with E-state index < -0.39 is 0 Å². The van der Waals surface area contributed by atoms with E-state index in [0.29, 0.717) is 17.9 Å². The minimum absolute atomic E-state index is 0.194. The second kappa shape index (κ2) is 5.70. The van der Waals surface area contributed by atoms with Gasteiger partial charge in [0.1, 0.15) is 5.82 Å². The van der Waals surface area contributed by atoms with Gasteiger partial charge in [-0.3, -0.25) is 0 Å². The fourth-order valence-corrected chi connectivity index (χ4v) is 2.53. The quantitative estimate of drug-likeness (QED) is 0.905. The van der Waals surface area contributed by atoms with Crippen LogP contribution in [0, 0.1) is 0 Å². The van der Waals surface area contributed by atoms with Crippen molar-refractivity contribution in [2.24, 2.45) is 0 Å². The number of hydrogen-bond donors (Lipinski definition) is 1. The van der Waals surface area contributed by atoms with E-state index in [1.54, 1.807) is 4.68 Å². The molecule has 1 atom stereocenters. The van der Waals surface area contributed by atoms with Crippen LogP contribution in [0.2, 0.25) is 0 Å². The van der Waals surface area contributed by atoms with Crippen molar-refractivity contribution in [3.63, 3.8) is 0 Å². The number of nitrogens with two attached hydrogens (primary N) is 1. The molecule has 7 nitrogen and oxygen atoms in total. The third-order valence-electron chi connectivity index (χ3n) is 3.56. The predicted molar refractivity (Wildman–Crippen MR) is 75.1 cm³/mol. The van der Waals surface area contributed by atoms with Crippen LogP contribution in [0.25, 0.3) is 11.2 Å². The molecule has 20 heavy (non-hydrogen) atoms. The van der Waals surface area contributed by atoms with Gasteiger partial charge >= 0.3 is 0 Å². The first-order valence-corrected chi connectivity index (χ1v) is 7.25. The molecule has 3 rings (SSSR count). The molecular formula is C13H20N6O. The maximum Gasteiger partial charge on any atom is 0.184 e. The van der Waals surface area contributed by atoms with E-state index in [1.807, 2.05) is 0 Å². The van der Waals surface area contributed by atoms with Crippen LogP contribution in [0.15, 0.2) is 0 Å². The molecule has 1 unspecified atom stereocenters. The zero-order chi connectivity index (χ0) is 13.9. The van der Waals surface area contributed by atoms with Gasteiger partial charge in [0.2, 0.25) is 0 Å². The van der Waals surface area contributed by atoms with Gasteiger partial charge in [0.05, 0.1) is 12.6 Å². The van der Waals surface area contributed by atoms with E-state index in [9.17, 15) is 0 Å². The summed E-state index contributed by atoms with van der Waals surface area (Å²) in [6, 6.07) is 0. The molecule has 2 N–H and O–H groups in total. The zero-order valence-corrected chi connectivity index (χ0v) is 11.7. The van der Waals surface area contributed by atoms with E-state index in [0.717, 1.165) is 43.8 Å². The molecule has 2 aromatic heterocycles. The highest BCUT2D eigenvalue weighted by Gasteiger charge is 2.18. The summed E-state index contributed by atoms with van der Waals surface area (Å²) in [4.78, 5) is 8.81. The second-order valence-electron chi connectivity index (χ2n) is 5.21. The van der Waals surface area contributed by atoms with Crippen molar-refractivity contribution in [2.75, 3.05) is 12.3 Å². The summed E-state index contributed by atoms with van der Waals surface area (Å²) < 4.78 is 7.54. The molecule has 0 amide bonds. The molecule has 7 heteroatoms. The van der Waals surface area contributed by atoms with Crippen molar-refractivity contribution in [3.05, 3.63) is 5.82 Å². The summed E-state index contributed by atoms with van der Waals surface area (Å²) in [5.41, 5.74) is 7.24. The number of ether oxygens (including phenoxy) is 1. The average molecular weight is 276 g/mol. The first-order chi connectivity index (χ1) is 9.78. The summed E-state index contributed by atoms with van der Waals surface area (Å²) in [6.07, 6.45) is 5.40. The fraction of sp³-hybridized carbons (Fsp3) is 0.692. The van der Waals surface area contributed by atoms with Gasteiger partial charge in [-0.25, -0.2) is 14.6 Å². The Balaban J connectivity index is 1.90. The number of aromatic nitrogens is 5. The van der Waals surface area contributed by atoms with Gasteiger partial charge in [0.15, 0.2) is 17.0 Å². The van der Waals surface area contributed by atoms with E-state index in [4.69, 9.17) is 10.5 Å². The monoisotopic (exact) mass is 276 g/mol. The summed E-state index contributed by atoms with van der Waals surface area (Å²) >= 11 is 0. The Labute approximate surface area is 117 Å². The van der Waals surface area contributed by atoms with Crippen LogP contribution < -0.4 is 5.73 Å². The third kappa shape index (κ3) is 2.58. The van der Waals surface area contributed by atoms with Crippen LogP contribution in [0.1, 0.15) is 38.4 Å². The maximum atomic E-state index is 5.94. The standard InChI is InChI=1S/C13H20N6O/c1-2-5-10-15-12(14)11-13(16-10)19(18-17-11)8-9-6-3-4-7-20-9/h9H,2-8H2,1H3,(H2,14,15,16). The SMILES string of the molecule is CCCc1nc(N)c2nnn(CC3CCCCO3)c2n1. The van der Waals surface area contributed by atoms with E-state index in [2.05, 4.69) is 27.2 Å². The molecule has 1 aliphatic heterocycles. The van der Waals surface area contributed by atoms with Gasteiger partial charge < -0.3 is 10.5 Å². The summed E-state index contributed by atoms with van der Waals surface area (Å²) in [6.45, 7) is 3.60. The number of aryl methyl sites for hydroxylation is 1. The normalized spacial score (nSPS) is 19.6. The Morgan fingerprint density at radius 2 is 2.25 bits per heavy atom. The van der Waals surface area contributed by atoms with Crippen LogP contribution in [0.3, 0.4) is 0 Å². The highest BCUT2D eigenvalue weighted by molar-refractivity contribution is 5.80. The van der Waals surface area contributed by atoms with E-state index >= 15 is 0 Å². The summed E-state index contributed by atoms with van der Waals surface area (Å²) in [7, 11) is 0. The molecule has 2 aromatic rings. The molecule has 0 radical (unpaired) electrons. The molecule has 1 fully saturated rings. The molecule has 1 saturated heterocycles. The number of hydrogen-bond acceptors (Lipinski definition) is 6. The number of rotatable bonds is 4. The molecule has 0 aromatic carbocycles. The van der Waals surface area contributed by atoms with Gasteiger partial charge in [-0.05, 0) is 25.7 Å². The molecule has 0 spiro atoms. The zero-order valence-electron chi connectivity index (χ0n) is 11.7. The van der Waals surface area contributed by atoms with E-state index in [1.165, 1.54) is 6.42 Å². The Morgan fingerprint density at radius 1 is 1.35 bits per heavy atom. The Morgan fingerprint density at radius 3 is 3.00 bits per heavy atom. The Hall–Kier alpha value is -1.76. The van der Waals surface area contributed by atoms with Gasteiger partial charge in [-0.15, -0.1) is 5.10 Å². The van der Waals surface area contributed by atoms with Gasteiger partial charge in [-0.1, -0.05) is 12.1 Å². The lowest BCUT2D eigenvalue weighted by Crippen LogP contribution is -2.25. The number of nitrogen functional groups attached to an aromatic ring is 1. The van der Waals surface area contributed by atoms with Crippen molar-refractivity contribution in [1.82, 2.24) is 25.0 Å². The number of nitrogens with zero attached hydrogens (tertiary/aromatic N) is 5. The average Bonchev–Trinajstić information content (AvgIpc) is 2.84. The smallest absolute Gasteiger partial charge is 0.184 e. The summed E-state index contributed by atoms with van der Waals surface area (Å²) in [5, 5.41) is 8.25.